The largest absolute Gasteiger partial charge is 0.273 e. The summed E-state index contributed by atoms with van der Waals surface area (Å²) in [5.41, 5.74) is 0.957. The normalized spacial score (nSPS) is 11.7. The molecule has 0 atom stereocenters. The van der Waals surface area contributed by atoms with E-state index >= 15 is 0 Å². The van der Waals surface area contributed by atoms with E-state index in [2.05, 4.69) is 25.9 Å². The van der Waals surface area contributed by atoms with Gasteiger partial charge in [0.2, 0.25) is 5.91 Å². The molecule has 0 aliphatic rings. The van der Waals surface area contributed by atoms with Gasteiger partial charge in [0.15, 0.2) is 0 Å². The van der Waals surface area contributed by atoms with Crippen LogP contribution in [0.15, 0.2) is 12.3 Å². The lowest BCUT2D eigenvalue weighted by atomic mass is 9.93. The highest BCUT2D eigenvalue weighted by Gasteiger charge is 2.17. The van der Waals surface area contributed by atoms with Crippen LogP contribution in [-0.2, 0) is 5.41 Å². The van der Waals surface area contributed by atoms with Crippen LogP contribution in [-0.4, -0.2) is 15.7 Å². The third kappa shape index (κ3) is 1.72. The number of hydrogen-bond donors (Lipinski definition) is 0. The fraction of sp³-hybridized carbons (Fsp3) is 0.556. The van der Waals surface area contributed by atoms with E-state index in [1.807, 2.05) is 6.07 Å². The summed E-state index contributed by atoms with van der Waals surface area (Å²) < 4.78 is 1.36. The minimum absolute atomic E-state index is 0.0146. The fourth-order valence-corrected chi connectivity index (χ4v) is 0.899. The van der Waals surface area contributed by atoms with Gasteiger partial charge in [-0.1, -0.05) is 20.8 Å². The van der Waals surface area contributed by atoms with Gasteiger partial charge in [0.1, 0.15) is 0 Å². The Kier molecular flexibility index (Phi) is 2.04. The van der Waals surface area contributed by atoms with Crippen molar-refractivity contribution in [1.29, 1.82) is 0 Å². The van der Waals surface area contributed by atoms with E-state index in [1.165, 1.54) is 11.6 Å². The second-order valence-electron chi connectivity index (χ2n) is 3.91. The maximum absolute atomic E-state index is 10.9. The Morgan fingerprint density at radius 3 is 2.33 bits per heavy atom. The summed E-state index contributed by atoms with van der Waals surface area (Å²) in [5, 5.41) is 4.15. The molecule has 0 saturated carbocycles. The smallest absolute Gasteiger partial charge is 0.243 e. The van der Waals surface area contributed by atoms with Gasteiger partial charge in [0.05, 0.1) is 5.69 Å². The maximum Gasteiger partial charge on any atom is 0.243 e. The molecule has 0 aromatic carbocycles. The molecular weight excluding hydrogens is 152 g/mol. The van der Waals surface area contributed by atoms with Crippen LogP contribution in [0.3, 0.4) is 0 Å². The first kappa shape index (κ1) is 8.97. The second kappa shape index (κ2) is 2.73. The summed E-state index contributed by atoms with van der Waals surface area (Å²) >= 11 is 0. The van der Waals surface area contributed by atoms with E-state index in [0.717, 1.165) is 5.69 Å². The standard InChI is InChI=1S/C9H14N2O/c1-7(12)11-6-5-8(10-11)9(2,3)4/h5-6H,1-4H3. The summed E-state index contributed by atoms with van der Waals surface area (Å²) in [6, 6.07) is 1.88. The van der Waals surface area contributed by atoms with Crippen LogP contribution in [0, 0.1) is 0 Å². The highest BCUT2D eigenvalue weighted by Crippen LogP contribution is 2.19. The van der Waals surface area contributed by atoms with Crippen LogP contribution in [0.4, 0.5) is 0 Å². The van der Waals surface area contributed by atoms with Gasteiger partial charge in [-0.15, -0.1) is 0 Å². The van der Waals surface area contributed by atoms with Crippen LogP contribution in [0.25, 0.3) is 0 Å². The lowest BCUT2D eigenvalue weighted by Gasteiger charge is -2.13. The van der Waals surface area contributed by atoms with Crippen molar-refractivity contribution in [1.82, 2.24) is 9.78 Å². The molecule has 1 heterocycles. The monoisotopic (exact) mass is 166 g/mol. The predicted molar refractivity (Wildman–Crippen MR) is 47.2 cm³/mol. The van der Waals surface area contributed by atoms with Crippen molar-refractivity contribution in [2.24, 2.45) is 0 Å². The van der Waals surface area contributed by atoms with E-state index in [4.69, 9.17) is 0 Å². The minimum Gasteiger partial charge on any atom is -0.273 e. The second-order valence-corrected chi connectivity index (χ2v) is 3.91. The highest BCUT2D eigenvalue weighted by atomic mass is 16.2. The number of nitrogens with zero attached hydrogens (tertiary/aromatic N) is 2. The number of carbonyl (C=O) groups excluding carboxylic acids is 1. The molecule has 0 radical (unpaired) electrons. The molecule has 0 saturated heterocycles. The van der Waals surface area contributed by atoms with Crippen molar-refractivity contribution in [2.75, 3.05) is 0 Å². The average molecular weight is 166 g/mol. The molecule has 66 valence electrons. The molecule has 1 aromatic rings. The van der Waals surface area contributed by atoms with Crippen molar-refractivity contribution in [2.45, 2.75) is 33.1 Å². The molecule has 0 fully saturated rings. The Balaban J connectivity index is 3.00. The van der Waals surface area contributed by atoms with Gasteiger partial charge in [0.25, 0.3) is 0 Å². The van der Waals surface area contributed by atoms with Crippen molar-refractivity contribution in [3.8, 4) is 0 Å². The first-order valence-corrected chi connectivity index (χ1v) is 3.98. The number of carbonyl (C=O) groups is 1. The molecule has 0 unspecified atom stereocenters. The number of aromatic nitrogens is 2. The first-order chi connectivity index (χ1) is 5.41. The SMILES string of the molecule is CC(=O)n1ccc(C(C)(C)C)n1. The van der Waals surface area contributed by atoms with E-state index < -0.39 is 0 Å². The van der Waals surface area contributed by atoms with Crippen molar-refractivity contribution in [3.63, 3.8) is 0 Å². The zero-order chi connectivity index (χ0) is 9.35. The highest BCUT2D eigenvalue weighted by molar-refractivity contribution is 5.74. The Morgan fingerprint density at radius 2 is 2.08 bits per heavy atom. The van der Waals surface area contributed by atoms with Gasteiger partial charge in [-0.05, 0) is 6.07 Å². The molecular formula is C9H14N2O. The summed E-state index contributed by atoms with van der Waals surface area (Å²) in [5.74, 6) is -0.0505. The topological polar surface area (TPSA) is 34.9 Å². The molecule has 0 spiro atoms. The van der Waals surface area contributed by atoms with Gasteiger partial charge in [0, 0.05) is 18.5 Å². The van der Waals surface area contributed by atoms with E-state index in [9.17, 15) is 4.79 Å². The Bertz CT molecular complexity index is 294. The molecule has 1 rings (SSSR count). The van der Waals surface area contributed by atoms with Crippen LogP contribution >= 0.6 is 0 Å². The van der Waals surface area contributed by atoms with Crippen LogP contribution in [0.2, 0.25) is 0 Å². The summed E-state index contributed by atoms with van der Waals surface area (Å²) in [4.78, 5) is 10.9. The van der Waals surface area contributed by atoms with Crippen molar-refractivity contribution in [3.05, 3.63) is 18.0 Å². The number of hydrogen-bond acceptors (Lipinski definition) is 2. The van der Waals surface area contributed by atoms with Gasteiger partial charge < -0.3 is 0 Å². The molecule has 0 amide bonds. The third-order valence-corrected chi connectivity index (χ3v) is 1.68. The van der Waals surface area contributed by atoms with Gasteiger partial charge in [-0.25, -0.2) is 4.68 Å². The zero-order valence-electron chi connectivity index (χ0n) is 7.96. The van der Waals surface area contributed by atoms with Crippen LogP contribution in [0.5, 0.6) is 0 Å². The lowest BCUT2D eigenvalue weighted by molar-refractivity contribution is 0.0920. The predicted octanol–water partition coefficient (Wildman–Crippen LogP) is 1.84. The van der Waals surface area contributed by atoms with E-state index in [-0.39, 0.29) is 11.3 Å². The molecule has 0 aliphatic heterocycles. The third-order valence-electron chi connectivity index (χ3n) is 1.68. The van der Waals surface area contributed by atoms with Crippen molar-refractivity contribution >= 4 is 5.91 Å². The first-order valence-electron chi connectivity index (χ1n) is 3.98. The molecule has 12 heavy (non-hydrogen) atoms. The Hall–Kier alpha value is -1.12. The summed E-state index contributed by atoms with van der Waals surface area (Å²) in [7, 11) is 0. The minimum atomic E-state index is -0.0505. The zero-order valence-corrected chi connectivity index (χ0v) is 7.96. The van der Waals surface area contributed by atoms with E-state index in [0.29, 0.717) is 0 Å². The molecule has 3 nitrogen and oxygen atoms in total. The van der Waals surface area contributed by atoms with E-state index in [1.54, 1.807) is 6.20 Å². The Labute approximate surface area is 72.4 Å². The van der Waals surface area contributed by atoms with Crippen LogP contribution < -0.4 is 0 Å². The molecule has 0 bridgehead atoms. The van der Waals surface area contributed by atoms with Gasteiger partial charge >= 0.3 is 0 Å². The summed E-state index contributed by atoms with van der Waals surface area (Å²) in [6.45, 7) is 7.71. The van der Waals surface area contributed by atoms with Crippen molar-refractivity contribution < 1.29 is 4.79 Å². The maximum atomic E-state index is 10.9. The van der Waals surface area contributed by atoms with Gasteiger partial charge in [-0.2, -0.15) is 5.10 Å². The van der Waals surface area contributed by atoms with Gasteiger partial charge in [-0.3, -0.25) is 4.79 Å². The molecule has 3 heteroatoms. The molecule has 0 N–H and O–H groups in total. The average Bonchev–Trinajstić information content (AvgIpc) is 2.30. The fourth-order valence-electron chi connectivity index (χ4n) is 0.899. The molecule has 0 aliphatic carbocycles. The molecule has 1 aromatic heterocycles. The summed E-state index contributed by atoms with van der Waals surface area (Å²) in [6.07, 6.45) is 1.70. The quantitative estimate of drug-likeness (QED) is 0.589. The number of rotatable bonds is 0. The lowest BCUT2D eigenvalue weighted by Crippen LogP contribution is -2.14. The van der Waals surface area contributed by atoms with Crippen LogP contribution in [0.1, 0.15) is 38.2 Å². The Morgan fingerprint density at radius 1 is 1.50 bits per heavy atom.